The van der Waals surface area contributed by atoms with Gasteiger partial charge in [0, 0.05) is 28.8 Å². The number of carbonyl (C=O) groups is 1. The smallest absolute Gasteiger partial charge is 0.266 e. The molecule has 1 aromatic heterocycles. The van der Waals surface area contributed by atoms with Crippen LogP contribution in [0.4, 0.5) is 10.1 Å². The first-order valence-corrected chi connectivity index (χ1v) is 9.24. The van der Waals surface area contributed by atoms with E-state index in [0.29, 0.717) is 17.2 Å². The first-order chi connectivity index (χ1) is 14.5. The molecule has 0 saturated heterocycles. The van der Waals surface area contributed by atoms with Crippen molar-refractivity contribution in [3.63, 3.8) is 0 Å². The summed E-state index contributed by atoms with van der Waals surface area (Å²) in [5.74, 6) is 0.312. The van der Waals surface area contributed by atoms with E-state index in [0.717, 1.165) is 22.6 Å². The fourth-order valence-electron chi connectivity index (χ4n) is 3.40. The summed E-state index contributed by atoms with van der Waals surface area (Å²) in [6.07, 6.45) is 1.55. The topological polar surface area (TPSA) is 76.3 Å². The van der Waals surface area contributed by atoms with Crippen molar-refractivity contribution in [2.45, 2.75) is 13.8 Å². The van der Waals surface area contributed by atoms with Crippen molar-refractivity contribution in [3.8, 4) is 23.3 Å². The highest BCUT2D eigenvalue weighted by Gasteiger charge is 2.17. The molecule has 0 saturated carbocycles. The molecule has 0 atom stereocenters. The van der Waals surface area contributed by atoms with E-state index in [9.17, 15) is 14.4 Å². The maximum atomic E-state index is 13.3. The predicted molar refractivity (Wildman–Crippen MR) is 110 cm³/mol. The average molecular weight is 403 g/mol. The Kier molecular flexibility index (Phi) is 4.98. The van der Waals surface area contributed by atoms with Crippen molar-refractivity contribution < 1.29 is 18.7 Å². The lowest BCUT2D eigenvalue weighted by Gasteiger charge is -2.09. The van der Waals surface area contributed by atoms with E-state index >= 15 is 0 Å². The van der Waals surface area contributed by atoms with Crippen molar-refractivity contribution in [2.75, 3.05) is 12.1 Å². The minimum absolute atomic E-state index is 0.0352. The fraction of sp³-hybridized carbons (Fsp3) is 0.130. The number of rotatable bonds is 4. The highest BCUT2D eigenvalue weighted by molar-refractivity contribution is 6.09. The lowest BCUT2D eigenvalue weighted by atomic mass is 10.1. The highest BCUT2D eigenvalue weighted by Crippen LogP contribution is 2.34. The number of halogens is 1. The molecule has 0 spiro atoms. The lowest BCUT2D eigenvalue weighted by molar-refractivity contribution is -0.112. The summed E-state index contributed by atoms with van der Waals surface area (Å²) >= 11 is 0. The molecule has 3 aromatic rings. The summed E-state index contributed by atoms with van der Waals surface area (Å²) < 4.78 is 25.8. The largest absolute Gasteiger partial charge is 0.454 e. The second-order valence-corrected chi connectivity index (χ2v) is 6.83. The number of ether oxygens (including phenoxy) is 2. The van der Waals surface area contributed by atoms with E-state index in [-0.39, 0.29) is 18.2 Å². The van der Waals surface area contributed by atoms with Gasteiger partial charge in [0.15, 0.2) is 11.5 Å². The first-order valence-electron chi connectivity index (χ1n) is 9.24. The number of hydrogen-bond donors (Lipinski definition) is 1. The van der Waals surface area contributed by atoms with Crippen LogP contribution in [0.1, 0.15) is 17.0 Å². The second-order valence-electron chi connectivity index (χ2n) is 6.83. The van der Waals surface area contributed by atoms with Crippen molar-refractivity contribution in [1.29, 1.82) is 5.26 Å². The predicted octanol–water partition coefficient (Wildman–Crippen LogP) is 4.51. The summed E-state index contributed by atoms with van der Waals surface area (Å²) in [7, 11) is 0. The van der Waals surface area contributed by atoms with Gasteiger partial charge in [-0.05, 0) is 68.0 Å². The third-order valence-corrected chi connectivity index (χ3v) is 4.85. The Hall–Kier alpha value is -4.05. The zero-order valence-electron chi connectivity index (χ0n) is 16.4. The van der Waals surface area contributed by atoms with Gasteiger partial charge in [0.2, 0.25) is 6.79 Å². The van der Waals surface area contributed by atoms with Crippen LogP contribution < -0.4 is 14.8 Å². The minimum atomic E-state index is -0.525. The van der Waals surface area contributed by atoms with Crippen molar-refractivity contribution >= 4 is 17.7 Å². The minimum Gasteiger partial charge on any atom is -0.454 e. The number of aryl methyl sites for hydroxylation is 1. The van der Waals surface area contributed by atoms with Gasteiger partial charge in [-0.15, -0.1) is 0 Å². The first kappa shape index (κ1) is 19.3. The van der Waals surface area contributed by atoms with Crippen LogP contribution in [0.25, 0.3) is 11.8 Å². The van der Waals surface area contributed by atoms with Crippen molar-refractivity contribution in [1.82, 2.24) is 4.57 Å². The fourth-order valence-corrected chi connectivity index (χ4v) is 3.40. The molecular formula is C23H18FN3O3. The number of fused-ring (bicyclic) bond motifs is 1. The van der Waals surface area contributed by atoms with Gasteiger partial charge in [0.05, 0.1) is 0 Å². The maximum Gasteiger partial charge on any atom is 0.266 e. The molecule has 2 heterocycles. The van der Waals surface area contributed by atoms with Crippen LogP contribution in [-0.2, 0) is 4.79 Å². The van der Waals surface area contributed by atoms with Gasteiger partial charge in [-0.2, -0.15) is 5.26 Å². The molecule has 1 amide bonds. The molecule has 0 fully saturated rings. The normalized spacial score (nSPS) is 12.5. The Morgan fingerprint density at radius 1 is 1.13 bits per heavy atom. The van der Waals surface area contributed by atoms with Gasteiger partial charge in [0.1, 0.15) is 17.5 Å². The van der Waals surface area contributed by atoms with Gasteiger partial charge in [-0.1, -0.05) is 0 Å². The van der Waals surface area contributed by atoms with E-state index in [1.165, 1.54) is 12.1 Å². The van der Waals surface area contributed by atoms with Gasteiger partial charge >= 0.3 is 0 Å². The molecule has 30 heavy (non-hydrogen) atoms. The molecule has 7 heteroatoms. The molecule has 0 unspecified atom stereocenters. The Morgan fingerprint density at radius 3 is 2.60 bits per heavy atom. The number of hydrogen-bond acceptors (Lipinski definition) is 4. The summed E-state index contributed by atoms with van der Waals surface area (Å²) in [4.78, 5) is 12.6. The molecule has 1 aliphatic rings. The summed E-state index contributed by atoms with van der Waals surface area (Å²) in [5, 5.41) is 12.2. The van der Waals surface area contributed by atoms with Crippen molar-refractivity contribution in [2.24, 2.45) is 0 Å². The molecule has 2 aromatic carbocycles. The standard InChI is InChI=1S/C23H18FN3O3/c1-14-9-16(15(2)27(14)20-6-3-18(24)4-7-20)10-17(12-25)23(28)26-19-5-8-21-22(11-19)30-13-29-21/h3-11H,13H2,1-2H3,(H,26,28)/b17-10+. The van der Waals surface area contributed by atoms with Crippen LogP contribution >= 0.6 is 0 Å². The molecule has 0 radical (unpaired) electrons. The van der Waals surface area contributed by atoms with Crippen LogP contribution in [0.15, 0.2) is 54.1 Å². The molecule has 1 aliphatic heterocycles. The zero-order chi connectivity index (χ0) is 21.3. The lowest BCUT2D eigenvalue weighted by Crippen LogP contribution is -2.13. The Bertz CT molecular complexity index is 1200. The number of nitrogens with zero attached hydrogens (tertiary/aromatic N) is 2. The monoisotopic (exact) mass is 403 g/mol. The van der Waals surface area contributed by atoms with E-state index in [1.807, 2.05) is 30.6 Å². The van der Waals surface area contributed by atoms with Gasteiger partial charge < -0.3 is 19.4 Å². The Balaban J connectivity index is 1.61. The summed E-state index contributed by atoms with van der Waals surface area (Å²) in [6, 6.07) is 15.0. The molecule has 1 N–H and O–H groups in total. The van der Waals surface area contributed by atoms with Gasteiger partial charge in [-0.3, -0.25) is 4.79 Å². The molecule has 0 aliphatic carbocycles. The third-order valence-electron chi connectivity index (χ3n) is 4.85. The molecule has 6 nitrogen and oxygen atoms in total. The molecule has 4 rings (SSSR count). The number of nitrogens with one attached hydrogen (secondary N) is 1. The van der Waals surface area contributed by atoms with E-state index in [4.69, 9.17) is 9.47 Å². The van der Waals surface area contributed by atoms with E-state index < -0.39 is 5.91 Å². The number of aromatic nitrogens is 1. The van der Waals surface area contributed by atoms with Crippen molar-refractivity contribution in [3.05, 3.63) is 76.9 Å². The average Bonchev–Trinajstić information content (AvgIpc) is 3.30. The molecule has 150 valence electrons. The zero-order valence-corrected chi connectivity index (χ0v) is 16.4. The van der Waals surface area contributed by atoms with Crippen LogP contribution in [0.3, 0.4) is 0 Å². The van der Waals surface area contributed by atoms with Crippen LogP contribution in [0.2, 0.25) is 0 Å². The SMILES string of the molecule is Cc1cc(/C=C(\C#N)C(=O)Nc2ccc3c(c2)OCO3)c(C)n1-c1ccc(F)cc1. The Labute approximate surface area is 172 Å². The number of carbonyl (C=O) groups excluding carboxylic acids is 1. The number of amides is 1. The number of anilines is 1. The van der Waals surface area contributed by atoms with Gasteiger partial charge in [-0.25, -0.2) is 4.39 Å². The van der Waals surface area contributed by atoms with E-state index in [2.05, 4.69) is 5.32 Å². The third kappa shape index (κ3) is 3.63. The molecule has 0 bridgehead atoms. The van der Waals surface area contributed by atoms with Crippen LogP contribution in [0, 0.1) is 31.0 Å². The summed E-state index contributed by atoms with van der Waals surface area (Å²) in [5.41, 5.74) is 3.74. The molecular weight excluding hydrogens is 385 g/mol. The summed E-state index contributed by atoms with van der Waals surface area (Å²) in [6.45, 7) is 3.93. The Morgan fingerprint density at radius 2 is 1.87 bits per heavy atom. The number of benzene rings is 2. The van der Waals surface area contributed by atoms with Gasteiger partial charge in [0.25, 0.3) is 5.91 Å². The van der Waals surface area contributed by atoms with Crippen LogP contribution in [0.5, 0.6) is 11.5 Å². The highest BCUT2D eigenvalue weighted by atomic mass is 19.1. The quantitative estimate of drug-likeness (QED) is 0.514. The van der Waals surface area contributed by atoms with Crippen LogP contribution in [-0.4, -0.2) is 17.3 Å². The number of nitriles is 1. The van der Waals surface area contributed by atoms with E-state index in [1.54, 1.807) is 36.4 Å². The second kappa shape index (κ2) is 7.76. The maximum absolute atomic E-state index is 13.3.